The van der Waals surface area contributed by atoms with Crippen molar-refractivity contribution in [1.82, 2.24) is 4.90 Å². The maximum Gasteiger partial charge on any atom is 0.0952 e. The topological polar surface area (TPSA) is 32.7 Å². The molecule has 116 valence electrons. The Bertz CT molecular complexity index is 597. The van der Waals surface area contributed by atoms with Crippen LogP contribution >= 0.6 is 11.6 Å². The fourth-order valence-electron chi connectivity index (χ4n) is 2.73. The normalized spacial score (nSPS) is 19.3. The van der Waals surface area contributed by atoms with Crippen molar-refractivity contribution in [2.75, 3.05) is 19.7 Å². The lowest BCUT2D eigenvalue weighted by molar-refractivity contribution is -0.0329. The Kier molecular flexibility index (Phi) is 5.11. The largest absolute Gasteiger partial charge is 0.392 e. The van der Waals surface area contributed by atoms with Crippen molar-refractivity contribution in [3.8, 4) is 0 Å². The molecule has 2 aromatic rings. The van der Waals surface area contributed by atoms with Gasteiger partial charge in [-0.05, 0) is 28.8 Å². The fraction of sp³-hybridized carbons (Fsp3) is 0.333. The van der Waals surface area contributed by atoms with Crippen molar-refractivity contribution in [3.63, 3.8) is 0 Å². The molecule has 1 N–H and O–H groups in total. The molecule has 1 fully saturated rings. The van der Waals surface area contributed by atoms with E-state index in [9.17, 15) is 0 Å². The van der Waals surface area contributed by atoms with Gasteiger partial charge in [-0.25, -0.2) is 0 Å². The van der Waals surface area contributed by atoms with Crippen LogP contribution in [0.3, 0.4) is 0 Å². The van der Waals surface area contributed by atoms with E-state index in [1.165, 1.54) is 11.1 Å². The second-order valence-electron chi connectivity index (χ2n) is 5.62. The number of hydrogen-bond acceptors (Lipinski definition) is 3. The van der Waals surface area contributed by atoms with Gasteiger partial charge in [0.15, 0.2) is 0 Å². The van der Waals surface area contributed by atoms with Crippen molar-refractivity contribution in [3.05, 3.63) is 70.2 Å². The van der Waals surface area contributed by atoms with Gasteiger partial charge in [-0.3, -0.25) is 4.90 Å². The van der Waals surface area contributed by atoms with E-state index in [0.717, 1.165) is 36.8 Å². The smallest absolute Gasteiger partial charge is 0.0952 e. The third-order valence-electron chi connectivity index (χ3n) is 4.00. The van der Waals surface area contributed by atoms with Crippen LogP contribution in [0.2, 0.25) is 5.02 Å². The monoisotopic (exact) mass is 317 g/mol. The molecule has 0 amide bonds. The van der Waals surface area contributed by atoms with Gasteiger partial charge in [0.2, 0.25) is 0 Å². The van der Waals surface area contributed by atoms with Gasteiger partial charge in [-0.1, -0.05) is 48.0 Å². The average Bonchev–Trinajstić information content (AvgIpc) is 2.56. The molecule has 0 aromatic heterocycles. The molecule has 0 spiro atoms. The fourth-order valence-corrected chi connectivity index (χ4v) is 2.86. The van der Waals surface area contributed by atoms with Crippen LogP contribution in [-0.4, -0.2) is 29.7 Å². The van der Waals surface area contributed by atoms with Gasteiger partial charge in [0, 0.05) is 24.7 Å². The summed E-state index contributed by atoms with van der Waals surface area (Å²) in [7, 11) is 0. The molecule has 0 radical (unpaired) electrons. The maximum absolute atomic E-state index is 9.09. The van der Waals surface area contributed by atoms with Gasteiger partial charge < -0.3 is 9.84 Å². The lowest BCUT2D eigenvalue weighted by atomic mass is 10.1. The minimum Gasteiger partial charge on any atom is -0.392 e. The first-order valence-electron chi connectivity index (χ1n) is 7.53. The number of morpholine rings is 1. The molecule has 22 heavy (non-hydrogen) atoms. The molecule has 2 aromatic carbocycles. The van der Waals surface area contributed by atoms with E-state index in [0.29, 0.717) is 0 Å². The van der Waals surface area contributed by atoms with Crippen LogP contribution in [-0.2, 0) is 17.9 Å². The molecule has 1 unspecified atom stereocenters. The van der Waals surface area contributed by atoms with Gasteiger partial charge in [0.1, 0.15) is 0 Å². The zero-order valence-corrected chi connectivity index (χ0v) is 13.2. The Morgan fingerprint density at radius 2 is 1.73 bits per heavy atom. The Morgan fingerprint density at radius 3 is 2.41 bits per heavy atom. The Morgan fingerprint density at radius 1 is 1.05 bits per heavy atom. The highest BCUT2D eigenvalue weighted by atomic mass is 35.5. The van der Waals surface area contributed by atoms with Gasteiger partial charge in [0.05, 0.1) is 19.3 Å². The zero-order valence-electron chi connectivity index (χ0n) is 12.4. The molecule has 1 atom stereocenters. The minimum atomic E-state index is 0.0937. The third kappa shape index (κ3) is 3.87. The highest BCUT2D eigenvalue weighted by Gasteiger charge is 2.21. The SMILES string of the molecule is OCc1ccc(CN2CCOC(c3ccc(Cl)cc3)C2)cc1. The second-order valence-corrected chi connectivity index (χ2v) is 6.06. The summed E-state index contributed by atoms with van der Waals surface area (Å²) in [6.45, 7) is 3.55. The lowest BCUT2D eigenvalue weighted by Crippen LogP contribution is -2.37. The predicted molar refractivity (Wildman–Crippen MR) is 87.8 cm³/mol. The number of ether oxygens (including phenoxy) is 1. The number of halogens is 1. The first-order valence-corrected chi connectivity index (χ1v) is 7.90. The van der Waals surface area contributed by atoms with Gasteiger partial charge in [0.25, 0.3) is 0 Å². The predicted octanol–water partition coefficient (Wildman–Crippen LogP) is 3.41. The summed E-state index contributed by atoms with van der Waals surface area (Å²) >= 11 is 5.94. The van der Waals surface area contributed by atoms with E-state index < -0.39 is 0 Å². The Hall–Kier alpha value is -1.39. The molecule has 4 heteroatoms. The molecule has 0 saturated carbocycles. The van der Waals surface area contributed by atoms with Crippen LogP contribution in [0.15, 0.2) is 48.5 Å². The molecule has 0 aliphatic carbocycles. The number of aliphatic hydroxyl groups is 1. The van der Waals surface area contributed by atoms with Gasteiger partial charge in [-0.2, -0.15) is 0 Å². The minimum absolute atomic E-state index is 0.0937. The summed E-state index contributed by atoms with van der Waals surface area (Å²) in [4.78, 5) is 2.40. The highest BCUT2D eigenvalue weighted by Crippen LogP contribution is 2.24. The van der Waals surface area contributed by atoms with Crippen molar-refractivity contribution < 1.29 is 9.84 Å². The zero-order chi connectivity index (χ0) is 15.4. The van der Waals surface area contributed by atoms with Crippen LogP contribution in [0.4, 0.5) is 0 Å². The van der Waals surface area contributed by atoms with E-state index in [1.54, 1.807) is 0 Å². The second kappa shape index (κ2) is 7.25. The first-order chi connectivity index (χ1) is 10.7. The highest BCUT2D eigenvalue weighted by molar-refractivity contribution is 6.30. The number of hydrogen-bond donors (Lipinski definition) is 1. The van der Waals surface area contributed by atoms with E-state index in [4.69, 9.17) is 21.4 Å². The summed E-state index contributed by atoms with van der Waals surface area (Å²) in [5.74, 6) is 0. The third-order valence-corrected chi connectivity index (χ3v) is 4.26. The average molecular weight is 318 g/mol. The number of aliphatic hydroxyl groups excluding tert-OH is 1. The molecule has 1 heterocycles. The molecule has 3 nitrogen and oxygen atoms in total. The van der Waals surface area contributed by atoms with Crippen molar-refractivity contribution >= 4 is 11.6 Å². The number of nitrogens with zero attached hydrogens (tertiary/aromatic N) is 1. The first kappa shape index (κ1) is 15.5. The van der Waals surface area contributed by atoms with Gasteiger partial charge in [-0.15, -0.1) is 0 Å². The molecular weight excluding hydrogens is 298 g/mol. The Balaban J connectivity index is 1.63. The maximum atomic E-state index is 9.09. The standard InChI is InChI=1S/C18H20ClNO2/c19-17-7-5-16(6-8-17)18-12-20(9-10-22-18)11-14-1-3-15(13-21)4-2-14/h1-8,18,21H,9-13H2. The molecule has 1 saturated heterocycles. The molecule has 1 aliphatic rings. The molecule has 0 bridgehead atoms. The van der Waals surface area contributed by atoms with Crippen LogP contribution in [0.5, 0.6) is 0 Å². The number of benzene rings is 2. The molecule has 3 rings (SSSR count). The summed E-state index contributed by atoms with van der Waals surface area (Å²) in [5, 5.41) is 9.84. The van der Waals surface area contributed by atoms with Crippen molar-refractivity contribution in [2.24, 2.45) is 0 Å². The Labute approximate surface area is 136 Å². The summed E-state index contributed by atoms with van der Waals surface area (Å²) < 4.78 is 5.89. The van der Waals surface area contributed by atoms with Crippen LogP contribution in [0.1, 0.15) is 22.8 Å². The van der Waals surface area contributed by atoms with Crippen LogP contribution in [0.25, 0.3) is 0 Å². The van der Waals surface area contributed by atoms with E-state index in [-0.39, 0.29) is 12.7 Å². The lowest BCUT2D eigenvalue weighted by Gasteiger charge is -2.33. The van der Waals surface area contributed by atoms with Gasteiger partial charge >= 0.3 is 0 Å². The molecule has 1 aliphatic heterocycles. The number of rotatable bonds is 4. The summed E-state index contributed by atoms with van der Waals surface area (Å²) in [5.41, 5.74) is 3.38. The van der Waals surface area contributed by atoms with Crippen molar-refractivity contribution in [1.29, 1.82) is 0 Å². The van der Waals surface area contributed by atoms with Crippen molar-refractivity contribution in [2.45, 2.75) is 19.3 Å². The van der Waals surface area contributed by atoms with E-state index in [2.05, 4.69) is 17.0 Å². The molecular formula is C18H20ClNO2. The van der Waals surface area contributed by atoms with Crippen LogP contribution in [0, 0.1) is 0 Å². The quantitative estimate of drug-likeness (QED) is 0.938. The summed E-state index contributed by atoms with van der Waals surface area (Å²) in [6.07, 6.45) is 0.0998. The summed E-state index contributed by atoms with van der Waals surface area (Å²) in [6, 6.07) is 16.0. The van der Waals surface area contributed by atoms with Crippen LogP contribution < -0.4 is 0 Å². The van der Waals surface area contributed by atoms with E-state index >= 15 is 0 Å². The van der Waals surface area contributed by atoms with E-state index in [1.807, 2.05) is 36.4 Å².